The number of anilines is 1. The van der Waals surface area contributed by atoms with Gasteiger partial charge in [-0.1, -0.05) is 13.3 Å². The molecule has 0 radical (unpaired) electrons. The standard InChI is InChI=1S/C12H15F2N3O3/c1-2-3-7(6-15)12(18)16-10-5-11(17(19)20)9(14)4-8(10)13/h4-5,7H,2-3,6,15H2,1H3,(H,16,18). The SMILES string of the molecule is CCCC(CN)C(=O)Nc1cc([N+](=O)[O-])c(F)cc1F. The first kappa shape index (κ1) is 16.0. The highest BCUT2D eigenvalue weighted by molar-refractivity contribution is 5.93. The first-order valence-electron chi connectivity index (χ1n) is 6.05. The molecule has 1 amide bonds. The number of nitrogens with zero attached hydrogens (tertiary/aromatic N) is 1. The molecular formula is C12H15F2N3O3. The van der Waals surface area contributed by atoms with Crippen molar-refractivity contribution in [2.45, 2.75) is 19.8 Å². The molecule has 0 heterocycles. The van der Waals surface area contributed by atoms with Crippen LogP contribution in [-0.2, 0) is 4.79 Å². The van der Waals surface area contributed by atoms with E-state index in [2.05, 4.69) is 5.32 Å². The van der Waals surface area contributed by atoms with E-state index >= 15 is 0 Å². The summed E-state index contributed by atoms with van der Waals surface area (Å²) in [6.07, 6.45) is 1.22. The Bertz CT molecular complexity index is 523. The molecule has 0 spiro atoms. The number of nitrogens with one attached hydrogen (secondary N) is 1. The van der Waals surface area contributed by atoms with Gasteiger partial charge < -0.3 is 11.1 Å². The fraction of sp³-hybridized carbons (Fsp3) is 0.417. The van der Waals surface area contributed by atoms with Crippen molar-refractivity contribution in [3.8, 4) is 0 Å². The van der Waals surface area contributed by atoms with Gasteiger partial charge >= 0.3 is 5.69 Å². The second-order valence-corrected chi connectivity index (χ2v) is 4.25. The molecule has 0 bridgehead atoms. The van der Waals surface area contributed by atoms with E-state index in [-0.39, 0.29) is 6.54 Å². The minimum Gasteiger partial charge on any atom is -0.330 e. The minimum absolute atomic E-state index is 0.0740. The Morgan fingerprint density at radius 3 is 2.60 bits per heavy atom. The Labute approximate surface area is 114 Å². The lowest BCUT2D eigenvalue weighted by atomic mass is 10.0. The Morgan fingerprint density at radius 1 is 1.45 bits per heavy atom. The van der Waals surface area contributed by atoms with Crippen LogP contribution in [0.1, 0.15) is 19.8 Å². The summed E-state index contributed by atoms with van der Waals surface area (Å²) in [6, 6.07) is 1.02. The zero-order valence-corrected chi connectivity index (χ0v) is 10.9. The normalized spacial score (nSPS) is 12.0. The zero-order chi connectivity index (χ0) is 15.3. The highest BCUT2D eigenvalue weighted by atomic mass is 19.1. The van der Waals surface area contributed by atoms with Crippen LogP contribution in [0, 0.1) is 27.7 Å². The monoisotopic (exact) mass is 287 g/mol. The first-order valence-corrected chi connectivity index (χ1v) is 6.05. The van der Waals surface area contributed by atoms with E-state index < -0.39 is 39.8 Å². The molecule has 0 aliphatic heterocycles. The number of halogens is 2. The molecule has 0 aliphatic rings. The maximum atomic E-state index is 13.5. The van der Waals surface area contributed by atoms with Crippen LogP contribution in [0.2, 0.25) is 0 Å². The maximum absolute atomic E-state index is 13.5. The van der Waals surface area contributed by atoms with E-state index in [4.69, 9.17) is 5.73 Å². The summed E-state index contributed by atoms with van der Waals surface area (Å²) in [5.74, 6) is -3.44. The molecule has 0 fully saturated rings. The second-order valence-electron chi connectivity index (χ2n) is 4.25. The van der Waals surface area contributed by atoms with E-state index in [9.17, 15) is 23.7 Å². The fourth-order valence-electron chi connectivity index (χ4n) is 1.71. The minimum atomic E-state index is -1.30. The lowest BCUT2D eigenvalue weighted by Crippen LogP contribution is -2.29. The van der Waals surface area contributed by atoms with Gasteiger partial charge in [-0.05, 0) is 6.42 Å². The number of nitro benzene ring substituents is 1. The van der Waals surface area contributed by atoms with Crippen LogP contribution in [0.15, 0.2) is 12.1 Å². The van der Waals surface area contributed by atoms with Crippen molar-refractivity contribution in [3.63, 3.8) is 0 Å². The third-order valence-corrected chi connectivity index (χ3v) is 2.78. The van der Waals surface area contributed by atoms with Crippen molar-refractivity contribution in [2.24, 2.45) is 11.7 Å². The molecule has 6 nitrogen and oxygen atoms in total. The molecule has 0 saturated carbocycles. The van der Waals surface area contributed by atoms with Crippen molar-refractivity contribution in [3.05, 3.63) is 33.9 Å². The Hall–Kier alpha value is -2.09. The lowest BCUT2D eigenvalue weighted by molar-refractivity contribution is -0.387. The Morgan fingerprint density at radius 2 is 2.10 bits per heavy atom. The van der Waals surface area contributed by atoms with Crippen molar-refractivity contribution < 1.29 is 18.5 Å². The van der Waals surface area contributed by atoms with Crippen LogP contribution >= 0.6 is 0 Å². The van der Waals surface area contributed by atoms with Crippen LogP contribution in [0.5, 0.6) is 0 Å². The molecule has 3 N–H and O–H groups in total. The quantitative estimate of drug-likeness (QED) is 0.619. The Kier molecular flexibility index (Phi) is 5.51. The summed E-state index contributed by atoms with van der Waals surface area (Å²) in [7, 11) is 0. The number of amides is 1. The predicted molar refractivity (Wildman–Crippen MR) is 69.1 cm³/mol. The summed E-state index contributed by atoms with van der Waals surface area (Å²) < 4.78 is 26.6. The van der Waals surface area contributed by atoms with Crippen LogP contribution in [-0.4, -0.2) is 17.4 Å². The van der Waals surface area contributed by atoms with Gasteiger partial charge in [0.05, 0.1) is 16.5 Å². The highest BCUT2D eigenvalue weighted by Crippen LogP contribution is 2.25. The third kappa shape index (κ3) is 3.70. The van der Waals surface area contributed by atoms with Gasteiger partial charge in [-0.25, -0.2) is 4.39 Å². The summed E-state index contributed by atoms with van der Waals surface area (Å²) >= 11 is 0. The van der Waals surface area contributed by atoms with Crippen molar-refractivity contribution in [1.82, 2.24) is 0 Å². The topological polar surface area (TPSA) is 98.3 Å². The molecule has 1 atom stereocenters. The first-order chi connectivity index (χ1) is 9.40. The molecule has 20 heavy (non-hydrogen) atoms. The number of nitrogens with two attached hydrogens (primary N) is 1. The summed E-state index contributed by atoms with van der Waals surface area (Å²) in [5, 5.41) is 12.8. The van der Waals surface area contributed by atoms with Crippen molar-refractivity contribution >= 4 is 17.3 Å². The van der Waals surface area contributed by atoms with Gasteiger partial charge in [0.25, 0.3) is 0 Å². The largest absolute Gasteiger partial charge is 0.330 e. The number of carbonyl (C=O) groups is 1. The molecule has 0 aliphatic carbocycles. The lowest BCUT2D eigenvalue weighted by Gasteiger charge is -2.14. The zero-order valence-electron chi connectivity index (χ0n) is 10.9. The van der Waals surface area contributed by atoms with Gasteiger partial charge in [0.1, 0.15) is 5.82 Å². The molecule has 8 heteroatoms. The number of nitro groups is 1. The van der Waals surface area contributed by atoms with E-state index in [0.717, 1.165) is 0 Å². The average molecular weight is 287 g/mol. The number of rotatable bonds is 6. The van der Waals surface area contributed by atoms with Crippen LogP contribution < -0.4 is 11.1 Å². The third-order valence-electron chi connectivity index (χ3n) is 2.78. The molecular weight excluding hydrogens is 272 g/mol. The smallest absolute Gasteiger partial charge is 0.307 e. The molecule has 1 aromatic rings. The van der Waals surface area contributed by atoms with Gasteiger partial charge in [-0.2, -0.15) is 4.39 Å². The molecule has 1 aromatic carbocycles. The number of benzene rings is 1. The summed E-state index contributed by atoms with van der Waals surface area (Å²) in [4.78, 5) is 21.4. The molecule has 1 rings (SSSR count). The van der Waals surface area contributed by atoms with Gasteiger partial charge in [0.2, 0.25) is 11.7 Å². The van der Waals surface area contributed by atoms with Gasteiger partial charge in [0.15, 0.2) is 0 Å². The van der Waals surface area contributed by atoms with E-state index in [0.29, 0.717) is 25.0 Å². The van der Waals surface area contributed by atoms with E-state index in [1.807, 2.05) is 6.92 Å². The average Bonchev–Trinajstić information content (AvgIpc) is 2.38. The summed E-state index contributed by atoms with van der Waals surface area (Å²) in [6.45, 7) is 1.93. The van der Waals surface area contributed by atoms with Crippen LogP contribution in [0.25, 0.3) is 0 Å². The van der Waals surface area contributed by atoms with E-state index in [1.54, 1.807) is 0 Å². The molecule has 0 aromatic heterocycles. The molecule has 110 valence electrons. The Balaban J connectivity index is 3.00. The number of hydrogen-bond acceptors (Lipinski definition) is 4. The second kappa shape index (κ2) is 6.90. The van der Waals surface area contributed by atoms with Gasteiger partial charge in [-0.15, -0.1) is 0 Å². The molecule has 0 saturated heterocycles. The van der Waals surface area contributed by atoms with E-state index in [1.165, 1.54) is 0 Å². The van der Waals surface area contributed by atoms with Crippen LogP contribution in [0.4, 0.5) is 20.2 Å². The summed E-state index contributed by atoms with van der Waals surface area (Å²) in [5.41, 5.74) is 4.10. The van der Waals surface area contributed by atoms with Crippen molar-refractivity contribution in [2.75, 3.05) is 11.9 Å². The van der Waals surface area contributed by atoms with Gasteiger partial charge in [-0.3, -0.25) is 14.9 Å². The predicted octanol–water partition coefficient (Wildman–Crippen LogP) is 2.19. The van der Waals surface area contributed by atoms with Crippen molar-refractivity contribution in [1.29, 1.82) is 0 Å². The fourth-order valence-corrected chi connectivity index (χ4v) is 1.71. The van der Waals surface area contributed by atoms with Crippen LogP contribution in [0.3, 0.4) is 0 Å². The number of hydrogen-bond donors (Lipinski definition) is 2. The maximum Gasteiger partial charge on any atom is 0.307 e. The number of carbonyl (C=O) groups excluding carboxylic acids is 1. The highest BCUT2D eigenvalue weighted by Gasteiger charge is 2.22. The van der Waals surface area contributed by atoms with Gasteiger partial charge in [0, 0.05) is 18.7 Å². The molecule has 1 unspecified atom stereocenters.